The lowest BCUT2D eigenvalue weighted by Gasteiger charge is -2.34. The van der Waals surface area contributed by atoms with Gasteiger partial charge in [-0.3, -0.25) is 9.79 Å². The lowest BCUT2D eigenvalue weighted by molar-refractivity contribution is -0.120. The Hall–Kier alpha value is -2.91. The predicted molar refractivity (Wildman–Crippen MR) is 121 cm³/mol. The summed E-state index contributed by atoms with van der Waals surface area (Å²) >= 11 is 6.51. The summed E-state index contributed by atoms with van der Waals surface area (Å²) in [5, 5.41) is 0.147. The molecule has 0 spiro atoms. The maximum atomic E-state index is 13.4. The van der Waals surface area contributed by atoms with Crippen LogP contribution in [0.3, 0.4) is 0 Å². The van der Waals surface area contributed by atoms with Crippen LogP contribution < -0.4 is 4.74 Å². The first-order valence-corrected chi connectivity index (χ1v) is 11.6. The first-order valence-electron chi connectivity index (χ1n) is 11.2. The van der Waals surface area contributed by atoms with Crippen LogP contribution >= 0.6 is 11.6 Å². The number of hydrogen-bond donors (Lipinski definition) is 0. The molecule has 5 rings (SSSR count). The zero-order valence-corrected chi connectivity index (χ0v) is 19.0. The fourth-order valence-corrected chi connectivity index (χ4v) is 4.79. The van der Waals surface area contributed by atoms with E-state index in [0.717, 1.165) is 24.8 Å². The van der Waals surface area contributed by atoms with Crippen LogP contribution in [-0.2, 0) is 22.5 Å². The Kier molecular flexibility index (Phi) is 6.56. The number of fused-ring (bicyclic) bond motifs is 1. The van der Waals surface area contributed by atoms with Gasteiger partial charge in [0, 0.05) is 24.9 Å². The molecule has 1 aromatic heterocycles. The zero-order chi connectivity index (χ0) is 23.7. The van der Waals surface area contributed by atoms with Gasteiger partial charge < -0.3 is 14.4 Å². The van der Waals surface area contributed by atoms with Gasteiger partial charge in [-0.15, -0.1) is 0 Å². The summed E-state index contributed by atoms with van der Waals surface area (Å²) in [6, 6.07) is 5.39. The molecule has 0 aliphatic carbocycles. The number of ketones is 1. The zero-order valence-electron chi connectivity index (χ0n) is 18.3. The van der Waals surface area contributed by atoms with E-state index in [1.165, 1.54) is 24.5 Å². The molecule has 7 nitrogen and oxygen atoms in total. The smallest absolute Gasteiger partial charge is 0.267 e. The van der Waals surface area contributed by atoms with Crippen molar-refractivity contribution in [3.8, 4) is 11.6 Å². The minimum absolute atomic E-state index is 0.0626. The predicted octanol–water partition coefficient (Wildman–Crippen LogP) is 4.61. The van der Waals surface area contributed by atoms with E-state index in [9.17, 15) is 13.6 Å². The molecule has 2 atom stereocenters. The van der Waals surface area contributed by atoms with Gasteiger partial charge in [0.15, 0.2) is 0 Å². The third-order valence-corrected chi connectivity index (χ3v) is 6.68. The summed E-state index contributed by atoms with van der Waals surface area (Å²) in [7, 11) is 0. The highest BCUT2D eigenvalue weighted by Crippen LogP contribution is 2.35. The van der Waals surface area contributed by atoms with Crippen LogP contribution in [0.25, 0.3) is 0 Å². The number of aromatic nitrogens is 2. The Balaban J connectivity index is 1.35. The van der Waals surface area contributed by atoms with E-state index in [1.807, 2.05) is 4.90 Å². The average molecular weight is 489 g/mol. The van der Waals surface area contributed by atoms with Gasteiger partial charge in [0.1, 0.15) is 23.2 Å². The molecule has 1 aromatic carbocycles. The van der Waals surface area contributed by atoms with Crippen LogP contribution in [0.15, 0.2) is 46.3 Å². The molecule has 0 saturated carbocycles. The number of alkyl halides is 2. The molecule has 178 valence electrons. The number of ether oxygens (including phenoxy) is 2. The molecule has 34 heavy (non-hydrogen) atoms. The van der Waals surface area contributed by atoms with Gasteiger partial charge in [0.05, 0.1) is 29.6 Å². The molecule has 0 radical (unpaired) electrons. The van der Waals surface area contributed by atoms with Crippen LogP contribution in [0.5, 0.6) is 11.6 Å². The second kappa shape index (κ2) is 9.76. The van der Waals surface area contributed by atoms with Crippen LogP contribution in [-0.4, -0.2) is 52.2 Å². The van der Waals surface area contributed by atoms with Crippen LogP contribution in [0, 0.1) is 0 Å². The quantitative estimate of drug-likeness (QED) is 0.612. The summed E-state index contributed by atoms with van der Waals surface area (Å²) in [4.78, 5) is 27.9. The molecule has 4 heterocycles. The molecule has 2 unspecified atom stereocenters. The minimum Gasteiger partial charge on any atom is -0.438 e. The van der Waals surface area contributed by atoms with Crippen molar-refractivity contribution in [1.29, 1.82) is 0 Å². The number of para-hydroxylation sites is 1. The monoisotopic (exact) mass is 488 g/mol. The van der Waals surface area contributed by atoms with Crippen molar-refractivity contribution < 1.29 is 23.0 Å². The summed E-state index contributed by atoms with van der Waals surface area (Å²) in [6.45, 7) is 1.51. The molecular weight excluding hydrogens is 466 g/mol. The van der Waals surface area contributed by atoms with Gasteiger partial charge in [-0.05, 0) is 37.8 Å². The Morgan fingerprint density at radius 1 is 1.21 bits per heavy atom. The number of carbonyl (C=O) groups is 1. The lowest BCUT2D eigenvalue weighted by atomic mass is 9.96. The Bertz CT molecular complexity index is 1150. The molecular formula is C24H23ClF2N4O3. The van der Waals surface area contributed by atoms with Crippen molar-refractivity contribution in [2.45, 2.75) is 50.8 Å². The first-order chi connectivity index (χ1) is 16.5. The highest BCUT2D eigenvalue weighted by atomic mass is 35.5. The topological polar surface area (TPSA) is 76.9 Å². The highest BCUT2D eigenvalue weighted by molar-refractivity contribution is 6.45. The second-order valence-electron chi connectivity index (χ2n) is 8.41. The third-order valence-electron chi connectivity index (χ3n) is 6.30. The van der Waals surface area contributed by atoms with E-state index in [0.29, 0.717) is 37.5 Å². The van der Waals surface area contributed by atoms with Crippen molar-refractivity contribution in [3.05, 3.63) is 58.1 Å². The summed E-state index contributed by atoms with van der Waals surface area (Å²) in [5.74, 6) is 0.0838. The normalized spacial score (nSPS) is 22.8. The number of carbonyl (C=O) groups excluding carboxylic acids is 1. The molecule has 0 bridgehead atoms. The highest BCUT2D eigenvalue weighted by Gasteiger charge is 2.36. The minimum atomic E-state index is -2.66. The molecule has 1 fully saturated rings. The van der Waals surface area contributed by atoms with Crippen molar-refractivity contribution in [1.82, 2.24) is 14.9 Å². The summed E-state index contributed by atoms with van der Waals surface area (Å²) in [5.41, 5.74) is 1.78. The van der Waals surface area contributed by atoms with Crippen LogP contribution in [0.2, 0.25) is 0 Å². The number of benzene rings is 1. The van der Waals surface area contributed by atoms with Crippen molar-refractivity contribution >= 4 is 23.6 Å². The lowest BCUT2D eigenvalue weighted by Crippen LogP contribution is -2.41. The first kappa shape index (κ1) is 22.9. The van der Waals surface area contributed by atoms with E-state index in [1.54, 1.807) is 12.3 Å². The Morgan fingerprint density at radius 3 is 2.85 bits per heavy atom. The summed E-state index contributed by atoms with van der Waals surface area (Å²) < 4.78 is 38.2. The Morgan fingerprint density at radius 2 is 2.06 bits per heavy atom. The molecule has 2 aromatic rings. The van der Waals surface area contributed by atoms with Gasteiger partial charge >= 0.3 is 0 Å². The largest absolute Gasteiger partial charge is 0.438 e. The van der Waals surface area contributed by atoms with E-state index < -0.39 is 12.5 Å². The van der Waals surface area contributed by atoms with E-state index in [4.69, 9.17) is 21.1 Å². The van der Waals surface area contributed by atoms with Gasteiger partial charge in [0.2, 0.25) is 11.7 Å². The van der Waals surface area contributed by atoms with E-state index in [2.05, 4.69) is 15.0 Å². The fraction of sp³-hybridized carbons (Fsp3) is 0.417. The molecule has 3 aliphatic heterocycles. The van der Waals surface area contributed by atoms with Crippen LogP contribution in [0.1, 0.15) is 42.5 Å². The fourth-order valence-electron chi connectivity index (χ4n) is 4.51. The van der Waals surface area contributed by atoms with E-state index in [-0.39, 0.29) is 34.1 Å². The number of hydrogen-bond acceptors (Lipinski definition) is 7. The number of Topliss-reactive ketones (excluding diaryl/α,β-unsaturated/α-hetero) is 1. The number of nitrogens with zero attached hydrogens (tertiary/aromatic N) is 4. The molecule has 0 N–H and O–H groups in total. The SMILES string of the molecule is O=C1C(Cl)=C(N2CCc3c(ncnc3Oc3ccccc3C(F)F)C2)C=NC1C1CCCCO1. The molecule has 3 aliphatic rings. The molecule has 10 heteroatoms. The standard InChI is InChI=1S/C24H23ClF2N4O3/c25-20-17(11-28-21(22(20)32)19-7-3-4-10-33-19)31-9-8-14-16(12-31)29-13-30-24(14)34-18-6-2-1-5-15(18)23(26)27/h1-2,5-6,11,13,19,21,23H,3-4,7-10,12H2. The maximum Gasteiger partial charge on any atom is 0.267 e. The number of dihydropyridines is 1. The van der Waals surface area contributed by atoms with Crippen LogP contribution in [0.4, 0.5) is 8.78 Å². The molecule has 0 amide bonds. The number of halogens is 3. The third kappa shape index (κ3) is 4.42. The van der Waals surface area contributed by atoms with Crippen molar-refractivity contribution in [2.75, 3.05) is 13.2 Å². The Labute approximate surface area is 200 Å². The second-order valence-corrected chi connectivity index (χ2v) is 8.79. The average Bonchev–Trinajstić information content (AvgIpc) is 2.86. The maximum absolute atomic E-state index is 13.4. The number of rotatable bonds is 5. The molecule has 1 saturated heterocycles. The van der Waals surface area contributed by atoms with Gasteiger partial charge in [-0.2, -0.15) is 0 Å². The number of aliphatic imine (C=N–C) groups is 1. The van der Waals surface area contributed by atoms with Gasteiger partial charge in [0.25, 0.3) is 6.43 Å². The van der Waals surface area contributed by atoms with Crippen molar-refractivity contribution in [3.63, 3.8) is 0 Å². The van der Waals surface area contributed by atoms with Gasteiger partial charge in [-0.25, -0.2) is 18.7 Å². The summed E-state index contributed by atoms with van der Waals surface area (Å²) in [6.07, 6.45) is 3.37. The number of allylic oxidation sites excluding steroid dienone is 1. The van der Waals surface area contributed by atoms with Crippen molar-refractivity contribution in [2.24, 2.45) is 4.99 Å². The van der Waals surface area contributed by atoms with E-state index >= 15 is 0 Å². The van der Waals surface area contributed by atoms with Gasteiger partial charge in [-0.1, -0.05) is 23.7 Å².